The highest BCUT2D eigenvalue weighted by molar-refractivity contribution is 8.26. The number of nitrogens with zero attached hydrogens (tertiary/aromatic N) is 1. The first-order chi connectivity index (χ1) is 11.5. The van der Waals surface area contributed by atoms with Crippen LogP contribution in [0.4, 0.5) is 0 Å². The molecule has 8 heteroatoms. The molecular weight excluding hydrogens is 370 g/mol. The molecule has 2 rings (SSSR count). The Morgan fingerprint density at radius 3 is 2.75 bits per heavy atom. The standard InChI is InChI=1S/C16H16ClNO4S2/c17-11-5-7-12(8-6-11)22-10-2-3-13-15(21)18(16(23)24-13)9-1-4-14(19)20/h3,5-8H,1-2,4,9-10H2,(H,19,20)/b13-3-. The van der Waals surface area contributed by atoms with Crippen LogP contribution < -0.4 is 4.74 Å². The van der Waals surface area contributed by atoms with Crippen molar-refractivity contribution in [3.63, 3.8) is 0 Å². The van der Waals surface area contributed by atoms with Gasteiger partial charge in [0.1, 0.15) is 10.1 Å². The van der Waals surface area contributed by atoms with E-state index in [1.54, 1.807) is 30.3 Å². The van der Waals surface area contributed by atoms with Crippen LogP contribution in [0.3, 0.4) is 0 Å². The van der Waals surface area contributed by atoms with Gasteiger partial charge in [0.15, 0.2) is 0 Å². The maximum absolute atomic E-state index is 12.2. The highest BCUT2D eigenvalue weighted by atomic mass is 35.5. The monoisotopic (exact) mass is 385 g/mol. The van der Waals surface area contributed by atoms with E-state index in [2.05, 4.69) is 0 Å². The Morgan fingerprint density at radius 1 is 1.38 bits per heavy atom. The molecule has 1 saturated heterocycles. The Hall–Kier alpha value is -1.57. The zero-order valence-corrected chi connectivity index (χ0v) is 15.1. The number of hydrogen-bond donors (Lipinski definition) is 1. The van der Waals surface area contributed by atoms with E-state index < -0.39 is 5.97 Å². The van der Waals surface area contributed by atoms with Gasteiger partial charge in [-0.15, -0.1) is 0 Å². The summed E-state index contributed by atoms with van der Waals surface area (Å²) in [6.07, 6.45) is 2.77. The number of rotatable bonds is 8. The van der Waals surface area contributed by atoms with Crippen LogP contribution in [0.15, 0.2) is 35.2 Å². The number of ether oxygens (including phenoxy) is 1. The Bertz CT molecular complexity index is 661. The van der Waals surface area contributed by atoms with Crippen LogP contribution in [0.1, 0.15) is 19.3 Å². The third-order valence-corrected chi connectivity index (χ3v) is 4.85. The van der Waals surface area contributed by atoms with Crippen LogP contribution in [-0.4, -0.2) is 39.4 Å². The Morgan fingerprint density at radius 2 is 2.08 bits per heavy atom. The molecule has 1 aliphatic heterocycles. The number of thioether (sulfide) groups is 1. The second-order valence-corrected chi connectivity index (χ2v) is 7.09. The first-order valence-corrected chi connectivity index (χ1v) is 8.91. The third-order valence-electron chi connectivity index (χ3n) is 3.18. The van der Waals surface area contributed by atoms with E-state index in [1.165, 1.54) is 16.7 Å². The minimum atomic E-state index is -0.879. The fourth-order valence-electron chi connectivity index (χ4n) is 2.02. The third kappa shape index (κ3) is 5.51. The number of halogens is 1. The Balaban J connectivity index is 1.80. The van der Waals surface area contributed by atoms with E-state index in [1.807, 2.05) is 0 Å². The number of amides is 1. The van der Waals surface area contributed by atoms with Crippen molar-refractivity contribution in [1.29, 1.82) is 0 Å². The van der Waals surface area contributed by atoms with Gasteiger partial charge < -0.3 is 9.84 Å². The second-order valence-electron chi connectivity index (χ2n) is 4.98. The molecule has 0 bridgehead atoms. The Labute approximate surface area is 154 Å². The number of benzene rings is 1. The van der Waals surface area contributed by atoms with Crippen LogP contribution in [0.25, 0.3) is 0 Å². The lowest BCUT2D eigenvalue weighted by Crippen LogP contribution is -2.29. The van der Waals surface area contributed by atoms with Gasteiger partial charge in [-0.3, -0.25) is 14.5 Å². The van der Waals surface area contributed by atoms with Crippen molar-refractivity contribution in [3.05, 3.63) is 40.3 Å². The van der Waals surface area contributed by atoms with Crippen molar-refractivity contribution >= 4 is 51.8 Å². The molecule has 5 nitrogen and oxygen atoms in total. The normalized spacial score (nSPS) is 16.0. The summed E-state index contributed by atoms with van der Waals surface area (Å²) >= 11 is 12.2. The summed E-state index contributed by atoms with van der Waals surface area (Å²) < 4.78 is 6.03. The van der Waals surface area contributed by atoms with Gasteiger partial charge in [-0.05, 0) is 30.7 Å². The van der Waals surface area contributed by atoms with Crippen LogP contribution in [0.5, 0.6) is 5.75 Å². The first kappa shape index (κ1) is 18.8. The minimum absolute atomic E-state index is 0.0189. The molecule has 24 heavy (non-hydrogen) atoms. The fraction of sp³-hybridized carbons (Fsp3) is 0.312. The summed E-state index contributed by atoms with van der Waals surface area (Å²) in [7, 11) is 0. The smallest absolute Gasteiger partial charge is 0.303 e. The molecule has 0 aliphatic carbocycles. The molecule has 0 spiro atoms. The fourth-order valence-corrected chi connectivity index (χ4v) is 3.46. The van der Waals surface area contributed by atoms with Gasteiger partial charge in [-0.2, -0.15) is 0 Å². The minimum Gasteiger partial charge on any atom is -0.493 e. The summed E-state index contributed by atoms with van der Waals surface area (Å²) in [4.78, 5) is 24.8. The predicted molar refractivity (Wildman–Crippen MR) is 98.4 cm³/mol. The lowest BCUT2D eigenvalue weighted by atomic mass is 10.3. The van der Waals surface area contributed by atoms with Gasteiger partial charge in [0, 0.05) is 24.4 Å². The molecule has 0 atom stereocenters. The van der Waals surface area contributed by atoms with Crippen LogP contribution in [0.2, 0.25) is 5.02 Å². The van der Waals surface area contributed by atoms with E-state index in [0.717, 1.165) is 0 Å². The average molecular weight is 386 g/mol. The highest BCUT2D eigenvalue weighted by Crippen LogP contribution is 2.31. The van der Waals surface area contributed by atoms with Crippen LogP contribution in [0, 0.1) is 0 Å². The zero-order valence-electron chi connectivity index (χ0n) is 12.7. The molecule has 1 aliphatic rings. The number of thiocarbonyl (C=S) groups is 1. The maximum Gasteiger partial charge on any atom is 0.303 e. The molecule has 1 amide bonds. The number of carboxylic acids is 1. The molecule has 1 aromatic rings. The van der Waals surface area contributed by atoms with Gasteiger partial charge in [-0.1, -0.05) is 41.7 Å². The second kappa shape index (κ2) is 9.05. The molecular formula is C16H16ClNO4S2. The van der Waals surface area contributed by atoms with E-state index in [0.29, 0.717) is 46.0 Å². The van der Waals surface area contributed by atoms with E-state index in [4.69, 9.17) is 33.7 Å². The molecule has 1 fully saturated rings. The van der Waals surface area contributed by atoms with Crippen LogP contribution in [-0.2, 0) is 9.59 Å². The molecule has 0 radical (unpaired) electrons. The van der Waals surface area contributed by atoms with Crippen molar-refractivity contribution < 1.29 is 19.4 Å². The van der Waals surface area contributed by atoms with Gasteiger partial charge in [0.2, 0.25) is 0 Å². The van der Waals surface area contributed by atoms with Crippen molar-refractivity contribution in [1.82, 2.24) is 4.90 Å². The largest absolute Gasteiger partial charge is 0.493 e. The van der Waals surface area contributed by atoms with Crippen molar-refractivity contribution in [3.8, 4) is 5.75 Å². The molecule has 0 unspecified atom stereocenters. The molecule has 1 aromatic carbocycles. The number of carbonyl (C=O) groups excluding carboxylic acids is 1. The van der Waals surface area contributed by atoms with Gasteiger partial charge >= 0.3 is 5.97 Å². The average Bonchev–Trinajstić information content (AvgIpc) is 2.80. The van der Waals surface area contributed by atoms with E-state index >= 15 is 0 Å². The molecule has 0 aromatic heterocycles. The quantitative estimate of drug-likeness (QED) is 0.418. The van der Waals surface area contributed by atoms with E-state index in [9.17, 15) is 9.59 Å². The maximum atomic E-state index is 12.2. The number of aliphatic carboxylic acids is 1. The number of carbonyl (C=O) groups is 2. The SMILES string of the molecule is O=C(O)CCCN1C(=O)/C(=C/CCOc2ccc(Cl)cc2)SC1=S. The van der Waals surface area contributed by atoms with Crippen molar-refractivity contribution in [2.75, 3.05) is 13.2 Å². The summed E-state index contributed by atoms with van der Waals surface area (Å²) in [6, 6.07) is 7.06. The molecule has 1 heterocycles. The molecule has 0 saturated carbocycles. The van der Waals surface area contributed by atoms with Gasteiger partial charge in [0.05, 0.1) is 11.5 Å². The lowest BCUT2D eigenvalue weighted by Gasteiger charge is -2.13. The predicted octanol–water partition coefficient (Wildman–Crippen LogP) is 3.72. The zero-order chi connectivity index (χ0) is 17.5. The van der Waals surface area contributed by atoms with Crippen LogP contribution >= 0.6 is 35.6 Å². The van der Waals surface area contributed by atoms with Crippen molar-refractivity contribution in [2.45, 2.75) is 19.3 Å². The van der Waals surface area contributed by atoms with E-state index in [-0.39, 0.29) is 12.3 Å². The lowest BCUT2D eigenvalue weighted by molar-refractivity contribution is -0.137. The number of carboxylic acid groups (broad SMARTS) is 1. The summed E-state index contributed by atoms with van der Waals surface area (Å²) in [5, 5.41) is 9.30. The Kier molecular flexibility index (Phi) is 7.08. The summed E-state index contributed by atoms with van der Waals surface area (Å²) in [5.74, 6) is -0.328. The van der Waals surface area contributed by atoms with Gasteiger partial charge in [-0.25, -0.2) is 0 Å². The highest BCUT2D eigenvalue weighted by Gasteiger charge is 2.31. The summed E-state index contributed by atoms with van der Waals surface area (Å²) in [6.45, 7) is 0.764. The number of hydrogen-bond acceptors (Lipinski definition) is 5. The topological polar surface area (TPSA) is 66.8 Å². The molecule has 128 valence electrons. The summed E-state index contributed by atoms with van der Waals surface area (Å²) in [5.41, 5.74) is 0. The van der Waals surface area contributed by atoms with Gasteiger partial charge in [0.25, 0.3) is 5.91 Å². The molecule has 1 N–H and O–H groups in total. The first-order valence-electron chi connectivity index (χ1n) is 7.31. The van der Waals surface area contributed by atoms with Crippen molar-refractivity contribution in [2.24, 2.45) is 0 Å².